The van der Waals surface area contributed by atoms with E-state index in [4.69, 9.17) is 4.74 Å². The molecule has 1 atom stereocenters. The van der Waals surface area contributed by atoms with Crippen LogP contribution in [0.1, 0.15) is 44.2 Å². The molecule has 1 fully saturated rings. The van der Waals surface area contributed by atoms with Crippen LogP contribution >= 0.6 is 15.9 Å². The SMILES string of the molecule is CCCNC(CC1CCOCC1)c1c(F)cccc1Br. The van der Waals surface area contributed by atoms with Crippen LogP contribution in [0.15, 0.2) is 22.7 Å². The van der Waals surface area contributed by atoms with Crippen molar-refractivity contribution in [1.29, 1.82) is 0 Å². The predicted molar refractivity (Wildman–Crippen MR) is 83.3 cm³/mol. The van der Waals surface area contributed by atoms with Gasteiger partial charge in [-0.1, -0.05) is 28.9 Å². The Morgan fingerprint density at radius 2 is 2.15 bits per heavy atom. The third kappa shape index (κ3) is 4.27. The van der Waals surface area contributed by atoms with Crippen molar-refractivity contribution in [2.75, 3.05) is 19.8 Å². The van der Waals surface area contributed by atoms with Gasteiger partial charge in [0, 0.05) is 29.3 Å². The first-order valence-electron chi connectivity index (χ1n) is 7.47. The van der Waals surface area contributed by atoms with Crippen LogP contribution in [-0.4, -0.2) is 19.8 Å². The van der Waals surface area contributed by atoms with Gasteiger partial charge in [0.25, 0.3) is 0 Å². The summed E-state index contributed by atoms with van der Waals surface area (Å²) >= 11 is 3.50. The van der Waals surface area contributed by atoms with Crippen LogP contribution in [0.5, 0.6) is 0 Å². The molecule has 1 N–H and O–H groups in total. The van der Waals surface area contributed by atoms with Crippen LogP contribution in [0.4, 0.5) is 4.39 Å². The van der Waals surface area contributed by atoms with Gasteiger partial charge in [0.05, 0.1) is 0 Å². The Bertz CT molecular complexity index is 401. The zero-order chi connectivity index (χ0) is 14.4. The highest BCUT2D eigenvalue weighted by Crippen LogP contribution is 2.33. The summed E-state index contributed by atoms with van der Waals surface area (Å²) in [6.07, 6.45) is 4.19. The molecule has 1 aliphatic rings. The minimum Gasteiger partial charge on any atom is -0.381 e. The number of halogens is 2. The molecule has 2 rings (SSSR count). The molecule has 1 aliphatic heterocycles. The Labute approximate surface area is 129 Å². The van der Waals surface area contributed by atoms with Gasteiger partial charge >= 0.3 is 0 Å². The summed E-state index contributed by atoms with van der Waals surface area (Å²) in [5, 5.41) is 3.50. The molecule has 0 spiro atoms. The lowest BCUT2D eigenvalue weighted by atomic mass is 9.89. The number of hydrogen-bond donors (Lipinski definition) is 1. The van der Waals surface area contributed by atoms with Gasteiger partial charge in [-0.05, 0) is 50.3 Å². The summed E-state index contributed by atoms with van der Waals surface area (Å²) in [7, 11) is 0. The molecule has 2 nitrogen and oxygen atoms in total. The molecule has 0 bridgehead atoms. The van der Waals surface area contributed by atoms with Crippen LogP contribution in [-0.2, 0) is 4.74 Å². The summed E-state index contributed by atoms with van der Waals surface area (Å²) in [4.78, 5) is 0. The van der Waals surface area contributed by atoms with Crippen molar-refractivity contribution in [3.8, 4) is 0 Å². The number of ether oxygens (including phenoxy) is 1. The Morgan fingerprint density at radius 1 is 1.40 bits per heavy atom. The highest BCUT2D eigenvalue weighted by molar-refractivity contribution is 9.10. The van der Waals surface area contributed by atoms with Gasteiger partial charge in [0.2, 0.25) is 0 Å². The lowest BCUT2D eigenvalue weighted by Crippen LogP contribution is -2.28. The van der Waals surface area contributed by atoms with Crippen molar-refractivity contribution < 1.29 is 9.13 Å². The van der Waals surface area contributed by atoms with Gasteiger partial charge in [-0.2, -0.15) is 0 Å². The Hall–Kier alpha value is -0.450. The average Bonchev–Trinajstić information content (AvgIpc) is 2.45. The molecular formula is C16H23BrFNO. The quantitative estimate of drug-likeness (QED) is 0.823. The Balaban J connectivity index is 2.13. The van der Waals surface area contributed by atoms with Crippen LogP contribution in [0.25, 0.3) is 0 Å². The van der Waals surface area contributed by atoms with Crippen LogP contribution in [0.3, 0.4) is 0 Å². The van der Waals surface area contributed by atoms with Gasteiger partial charge in [0.15, 0.2) is 0 Å². The molecule has 112 valence electrons. The van der Waals surface area contributed by atoms with Gasteiger partial charge in [-0.3, -0.25) is 0 Å². The summed E-state index contributed by atoms with van der Waals surface area (Å²) in [6.45, 7) is 4.72. The first-order valence-corrected chi connectivity index (χ1v) is 8.26. The van der Waals surface area contributed by atoms with Crippen molar-refractivity contribution in [2.24, 2.45) is 5.92 Å². The zero-order valence-electron chi connectivity index (χ0n) is 12.0. The Kier molecular flexibility index (Phi) is 6.46. The molecule has 0 saturated carbocycles. The van der Waals surface area contributed by atoms with E-state index in [2.05, 4.69) is 28.2 Å². The second-order valence-corrected chi connectivity index (χ2v) is 6.29. The highest BCUT2D eigenvalue weighted by Gasteiger charge is 2.23. The third-order valence-corrected chi connectivity index (χ3v) is 4.59. The van der Waals surface area contributed by atoms with Crippen molar-refractivity contribution >= 4 is 15.9 Å². The van der Waals surface area contributed by atoms with Gasteiger partial charge in [0.1, 0.15) is 5.82 Å². The fraction of sp³-hybridized carbons (Fsp3) is 0.625. The molecule has 0 aromatic heterocycles. The first-order chi connectivity index (χ1) is 9.72. The van der Waals surface area contributed by atoms with Gasteiger partial charge < -0.3 is 10.1 Å². The second-order valence-electron chi connectivity index (χ2n) is 5.43. The van der Waals surface area contributed by atoms with Gasteiger partial charge in [-0.15, -0.1) is 0 Å². The fourth-order valence-electron chi connectivity index (χ4n) is 2.78. The second kappa shape index (κ2) is 8.11. The molecule has 1 saturated heterocycles. The van der Waals surface area contributed by atoms with E-state index in [9.17, 15) is 4.39 Å². The van der Waals surface area contributed by atoms with Crippen LogP contribution in [0.2, 0.25) is 0 Å². The topological polar surface area (TPSA) is 21.3 Å². The van der Waals surface area contributed by atoms with Crippen LogP contribution < -0.4 is 5.32 Å². The first kappa shape index (κ1) is 15.9. The minimum atomic E-state index is -0.125. The molecule has 0 radical (unpaired) electrons. The monoisotopic (exact) mass is 343 g/mol. The van der Waals surface area contributed by atoms with Crippen molar-refractivity contribution in [2.45, 2.75) is 38.6 Å². The van der Waals surface area contributed by atoms with E-state index >= 15 is 0 Å². The van der Waals surface area contributed by atoms with Gasteiger partial charge in [-0.25, -0.2) is 4.39 Å². The van der Waals surface area contributed by atoms with E-state index in [1.807, 2.05) is 6.07 Å². The highest BCUT2D eigenvalue weighted by atomic mass is 79.9. The van der Waals surface area contributed by atoms with E-state index in [-0.39, 0.29) is 11.9 Å². The predicted octanol–water partition coefficient (Wildman–Crippen LogP) is 4.45. The maximum Gasteiger partial charge on any atom is 0.129 e. The van der Waals surface area contributed by atoms with E-state index in [0.29, 0.717) is 5.92 Å². The molecule has 1 heterocycles. The smallest absolute Gasteiger partial charge is 0.129 e. The number of benzene rings is 1. The van der Waals surface area contributed by atoms with E-state index in [1.165, 1.54) is 0 Å². The van der Waals surface area contributed by atoms with E-state index in [0.717, 1.165) is 55.5 Å². The summed E-state index contributed by atoms with van der Waals surface area (Å²) < 4.78 is 20.5. The summed E-state index contributed by atoms with van der Waals surface area (Å²) in [5.41, 5.74) is 0.771. The molecule has 20 heavy (non-hydrogen) atoms. The molecule has 1 aromatic carbocycles. The van der Waals surface area contributed by atoms with Crippen LogP contribution in [0, 0.1) is 11.7 Å². The normalized spacial score (nSPS) is 18.1. The lowest BCUT2D eigenvalue weighted by Gasteiger charge is -2.28. The zero-order valence-corrected chi connectivity index (χ0v) is 13.6. The standard InChI is InChI=1S/C16H23BrFNO/c1-2-8-19-15(11-12-6-9-20-10-7-12)16-13(17)4-3-5-14(16)18/h3-5,12,15,19H,2,6-11H2,1H3. The largest absolute Gasteiger partial charge is 0.381 e. The maximum atomic E-state index is 14.2. The molecular weight excluding hydrogens is 321 g/mol. The maximum absolute atomic E-state index is 14.2. The van der Waals surface area contributed by atoms with Crippen molar-refractivity contribution in [3.05, 3.63) is 34.1 Å². The lowest BCUT2D eigenvalue weighted by molar-refractivity contribution is 0.0603. The molecule has 0 amide bonds. The molecule has 1 aromatic rings. The van der Waals surface area contributed by atoms with E-state index in [1.54, 1.807) is 12.1 Å². The summed E-state index contributed by atoms with van der Waals surface area (Å²) in [5.74, 6) is 0.490. The minimum absolute atomic E-state index is 0.0774. The number of nitrogens with one attached hydrogen (secondary N) is 1. The molecule has 0 aliphatic carbocycles. The number of rotatable bonds is 6. The average molecular weight is 344 g/mol. The summed E-state index contributed by atoms with van der Waals surface area (Å²) in [6, 6.07) is 5.29. The number of hydrogen-bond acceptors (Lipinski definition) is 2. The molecule has 4 heteroatoms. The van der Waals surface area contributed by atoms with Crippen molar-refractivity contribution in [1.82, 2.24) is 5.32 Å². The Morgan fingerprint density at radius 3 is 2.80 bits per heavy atom. The third-order valence-electron chi connectivity index (χ3n) is 3.90. The van der Waals surface area contributed by atoms with E-state index < -0.39 is 0 Å². The van der Waals surface area contributed by atoms with Crippen molar-refractivity contribution in [3.63, 3.8) is 0 Å². The molecule has 1 unspecified atom stereocenters. The fourth-order valence-corrected chi connectivity index (χ4v) is 3.40.